The molecule has 1 atom stereocenters. The van der Waals surface area contributed by atoms with E-state index in [4.69, 9.17) is 0 Å². The Morgan fingerprint density at radius 2 is 1.95 bits per heavy atom. The van der Waals surface area contributed by atoms with Crippen molar-refractivity contribution in [3.05, 3.63) is 65.9 Å². The number of nitrogens with one attached hydrogen (secondary N) is 2. The normalized spacial score (nSPS) is 17.2. The Balaban J connectivity index is 1.63. The van der Waals surface area contributed by atoms with E-state index in [-0.39, 0.29) is 11.9 Å². The highest BCUT2D eigenvalue weighted by Crippen LogP contribution is 2.36. The van der Waals surface area contributed by atoms with Crippen LogP contribution in [-0.2, 0) is 0 Å². The fraction of sp³-hybridized carbons (Fsp3) is 0.167. The summed E-state index contributed by atoms with van der Waals surface area (Å²) < 4.78 is 0. The van der Waals surface area contributed by atoms with Gasteiger partial charge in [-0.3, -0.25) is 4.79 Å². The Morgan fingerprint density at radius 1 is 1.14 bits per heavy atom. The van der Waals surface area contributed by atoms with Crippen LogP contribution in [0.1, 0.15) is 28.4 Å². The lowest BCUT2D eigenvalue weighted by Gasteiger charge is -2.25. The standard InChI is InChI=1S/C18H16N2OS/c21-18(14-11-19-15-7-3-1-5-12(14)15)20-16-9-10-22-17-8-4-2-6-13(16)17/h1-8,11,16,19H,9-10H2,(H,20,21). The summed E-state index contributed by atoms with van der Waals surface area (Å²) in [5, 5.41) is 4.17. The number of hydrogen-bond donors (Lipinski definition) is 2. The van der Waals surface area contributed by atoms with Gasteiger partial charge in [0.05, 0.1) is 11.6 Å². The van der Waals surface area contributed by atoms with E-state index in [1.165, 1.54) is 10.5 Å². The lowest BCUT2D eigenvalue weighted by molar-refractivity contribution is 0.0936. The SMILES string of the molecule is O=C(NC1CCSc2ccccc21)c1c[nH]c2ccccc12. The zero-order chi connectivity index (χ0) is 14.9. The minimum atomic E-state index is -0.0100. The molecule has 0 bridgehead atoms. The first-order valence-corrected chi connectivity index (χ1v) is 8.40. The van der Waals surface area contributed by atoms with E-state index in [0.717, 1.165) is 23.1 Å². The zero-order valence-electron chi connectivity index (χ0n) is 12.0. The van der Waals surface area contributed by atoms with Gasteiger partial charge >= 0.3 is 0 Å². The molecule has 3 aromatic rings. The molecule has 0 spiro atoms. The number of aromatic nitrogens is 1. The maximum Gasteiger partial charge on any atom is 0.253 e. The van der Waals surface area contributed by atoms with E-state index in [2.05, 4.69) is 28.5 Å². The number of aromatic amines is 1. The molecule has 1 aliphatic rings. The number of fused-ring (bicyclic) bond motifs is 2. The molecule has 0 aliphatic carbocycles. The van der Waals surface area contributed by atoms with Crippen LogP contribution in [0.25, 0.3) is 10.9 Å². The number of carbonyl (C=O) groups excluding carboxylic acids is 1. The first kappa shape index (κ1) is 13.5. The van der Waals surface area contributed by atoms with Crippen LogP contribution in [0.5, 0.6) is 0 Å². The molecule has 0 fully saturated rings. The number of amides is 1. The van der Waals surface area contributed by atoms with Crippen molar-refractivity contribution in [2.24, 2.45) is 0 Å². The zero-order valence-corrected chi connectivity index (χ0v) is 12.8. The van der Waals surface area contributed by atoms with Crippen LogP contribution in [0.2, 0.25) is 0 Å². The Kier molecular flexibility index (Phi) is 3.39. The molecule has 1 aliphatic heterocycles. The van der Waals surface area contributed by atoms with Gasteiger partial charge in [-0.15, -0.1) is 11.8 Å². The van der Waals surface area contributed by atoms with Gasteiger partial charge in [-0.1, -0.05) is 36.4 Å². The fourth-order valence-electron chi connectivity index (χ4n) is 2.99. The lowest BCUT2D eigenvalue weighted by atomic mass is 10.0. The Morgan fingerprint density at radius 3 is 2.91 bits per heavy atom. The predicted molar refractivity (Wildman–Crippen MR) is 90.3 cm³/mol. The minimum Gasteiger partial charge on any atom is -0.360 e. The van der Waals surface area contributed by atoms with Crippen LogP contribution in [0.4, 0.5) is 0 Å². The van der Waals surface area contributed by atoms with Gasteiger partial charge in [0.2, 0.25) is 0 Å². The van der Waals surface area contributed by atoms with Crippen molar-refractivity contribution in [1.29, 1.82) is 0 Å². The predicted octanol–water partition coefficient (Wildman–Crippen LogP) is 4.13. The summed E-state index contributed by atoms with van der Waals surface area (Å²) in [5.74, 6) is 1.03. The molecule has 0 radical (unpaired) electrons. The van der Waals surface area contributed by atoms with E-state index in [0.29, 0.717) is 5.56 Å². The van der Waals surface area contributed by atoms with Crippen LogP contribution in [0, 0.1) is 0 Å². The van der Waals surface area contributed by atoms with Crippen LogP contribution < -0.4 is 5.32 Å². The van der Waals surface area contributed by atoms with E-state index in [9.17, 15) is 4.79 Å². The van der Waals surface area contributed by atoms with Crippen LogP contribution in [-0.4, -0.2) is 16.6 Å². The third-order valence-corrected chi connectivity index (χ3v) is 5.22. The molecule has 1 unspecified atom stereocenters. The molecule has 2 heterocycles. The fourth-order valence-corrected chi connectivity index (χ4v) is 4.11. The molecule has 1 amide bonds. The highest BCUT2D eigenvalue weighted by molar-refractivity contribution is 7.99. The van der Waals surface area contributed by atoms with E-state index in [1.54, 1.807) is 6.20 Å². The van der Waals surface area contributed by atoms with E-state index < -0.39 is 0 Å². The van der Waals surface area contributed by atoms with Crippen LogP contribution >= 0.6 is 11.8 Å². The molecule has 3 nitrogen and oxygen atoms in total. The Labute approximate surface area is 133 Å². The third kappa shape index (κ3) is 2.29. The molecular formula is C18H16N2OS. The van der Waals surface area contributed by atoms with E-state index >= 15 is 0 Å². The van der Waals surface area contributed by atoms with Crippen molar-refractivity contribution >= 4 is 28.6 Å². The van der Waals surface area contributed by atoms with Crippen molar-refractivity contribution in [3.8, 4) is 0 Å². The molecule has 110 valence electrons. The number of H-pyrrole nitrogens is 1. The second kappa shape index (κ2) is 5.54. The van der Waals surface area contributed by atoms with Crippen molar-refractivity contribution in [2.75, 3.05) is 5.75 Å². The van der Waals surface area contributed by atoms with Gasteiger partial charge in [0.25, 0.3) is 5.91 Å². The number of rotatable bonds is 2. The maximum absolute atomic E-state index is 12.7. The molecule has 1 aromatic heterocycles. The Bertz CT molecular complexity index is 840. The van der Waals surface area contributed by atoms with Crippen molar-refractivity contribution in [3.63, 3.8) is 0 Å². The van der Waals surface area contributed by atoms with Crippen LogP contribution in [0.3, 0.4) is 0 Å². The summed E-state index contributed by atoms with van der Waals surface area (Å²) in [6, 6.07) is 16.3. The molecule has 2 aromatic carbocycles. The van der Waals surface area contributed by atoms with Gasteiger partial charge in [0.15, 0.2) is 0 Å². The third-order valence-electron chi connectivity index (χ3n) is 4.10. The van der Waals surface area contributed by atoms with Gasteiger partial charge in [0, 0.05) is 27.7 Å². The molecule has 4 rings (SSSR count). The van der Waals surface area contributed by atoms with Gasteiger partial charge in [-0.2, -0.15) is 0 Å². The number of benzene rings is 2. The van der Waals surface area contributed by atoms with Crippen LogP contribution in [0.15, 0.2) is 59.6 Å². The van der Waals surface area contributed by atoms with Gasteiger partial charge in [-0.05, 0) is 24.1 Å². The van der Waals surface area contributed by atoms with Crippen molar-refractivity contribution in [1.82, 2.24) is 10.3 Å². The van der Waals surface area contributed by atoms with Gasteiger partial charge < -0.3 is 10.3 Å². The molecule has 22 heavy (non-hydrogen) atoms. The highest BCUT2D eigenvalue weighted by Gasteiger charge is 2.23. The molecule has 2 N–H and O–H groups in total. The minimum absolute atomic E-state index is 0.0100. The summed E-state index contributed by atoms with van der Waals surface area (Å²) in [4.78, 5) is 17.1. The number of para-hydroxylation sites is 1. The molecular weight excluding hydrogens is 292 g/mol. The summed E-state index contributed by atoms with van der Waals surface area (Å²) in [5.41, 5.74) is 2.94. The van der Waals surface area contributed by atoms with Gasteiger partial charge in [-0.25, -0.2) is 0 Å². The number of hydrogen-bond acceptors (Lipinski definition) is 2. The quantitative estimate of drug-likeness (QED) is 0.747. The average molecular weight is 308 g/mol. The number of carbonyl (C=O) groups is 1. The number of thioether (sulfide) groups is 1. The average Bonchev–Trinajstić information content (AvgIpc) is 2.99. The van der Waals surface area contributed by atoms with Crippen molar-refractivity contribution in [2.45, 2.75) is 17.4 Å². The summed E-state index contributed by atoms with van der Waals surface area (Å²) in [7, 11) is 0. The monoisotopic (exact) mass is 308 g/mol. The molecule has 4 heteroatoms. The molecule has 0 saturated heterocycles. The van der Waals surface area contributed by atoms with Gasteiger partial charge in [0.1, 0.15) is 0 Å². The second-order valence-electron chi connectivity index (χ2n) is 5.45. The largest absolute Gasteiger partial charge is 0.360 e. The second-order valence-corrected chi connectivity index (χ2v) is 6.59. The summed E-state index contributed by atoms with van der Waals surface area (Å²) >= 11 is 1.86. The summed E-state index contributed by atoms with van der Waals surface area (Å²) in [6.07, 6.45) is 2.76. The topological polar surface area (TPSA) is 44.9 Å². The first-order chi connectivity index (χ1) is 10.8. The maximum atomic E-state index is 12.7. The van der Waals surface area contributed by atoms with E-state index in [1.807, 2.05) is 42.1 Å². The first-order valence-electron chi connectivity index (χ1n) is 7.41. The smallest absolute Gasteiger partial charge is 0.253 e. The Hall–Kier alpha value is -2.20. The molecule has 0 saturated carbocycles. The highest BCUT2D eigenvalue weighted by atomic mass is 32.2. The summed E-state index contributed by atoms with van der Waals surface area (Å²) in [6.45, 7) is 0. The van der Waals surface area contributed by atoms with Crippen molar-refractivity contribution < 1.29 is 4.79 Å². The lowest BCUT2D eigenvalue weighted by Crippen LogP contribution is -2.30.